The van der Waals surface area contributed by atoms with E-state index in [2.05, 4.69) is 10.5 Å². The highest BCUT2D eigenvalue weighted by atomic mass is 16.5. The lowest BCUT2D eigenvalue weighted by molar-refractivity contribution is 0.0953. The van der Waals surface area contributed by atoms with Crippen molar-refractivity contribution in [2.45, 2.75) is 13.3 Å². The molecule has 6 nitrogen and oxygen atoms in total. The van der Waals surface area contributed by atoms with Gasteiger partial charge in [0.1, 0.15) is 17.1 Å². The lowest BCUT2D eigenvalue weighted by atomic mass is 10.1. The Morgan fingerprint density at radius 3 is 2.71 bits per heavy atom. The van der Waals surface area contributed by atoms with Gasteiger partial charge in [0.25, 0.3) is 5.91 Å². The molecular formula is C18H18N2O4. The lowest BCUT2D eigenvalue weighted by Crippen LogP contribution is -2.26. The van der Waals surface area contributed by atoms with Crippen molar-refractivity contribution in [1.29, 1.82) is 0 Å². The molecule has 0 radical (unpaired) electrons. The fraction of sp³-hybridized carbons (Fsp3) is 0.222. The topological polar surface area (TPSA) is 77.5 Å². The van der Waals surface area contributed by atoms with Gasteiger partial charge in [-0.3, -0.25) is 4.79 Å². The number of nitrogens with zero attached hydrogens (tertiary/aromatic N) is 1. The van der Waals surface area contributed by atoms with E-state index in [-0.39, 0.29) is 5.91 Å². The van der Waals surface area contributed by atoms with Crippen molar-refractivity contribution in [2.75, 3.05) is 13.7 Å². The second-order valence-electron chi connectivity index (χ2n) is 5.29. The molecule has 0 aliphatic heterocycles. The highest BCUT2D eigenvalue weighted by Gasteiger charge is 2.22. The van der Waals surface area contributed by atoms with E-state index in [9.17, 15) is 4.79 Å². The summed E-state index contributed by atoms with van der Waals surface area (Å²) < 4.78 is 15.6. The van der Waals surface area contributed by atoms with Crippen molar-refractivity contribution in [3.8, 4) is 17.2 Å². The van der Waals surface area contributed by atoms with Gasteiger partial charge < -0.3 is 19.0 Å². The van der Waals surface area contributed by atoms with Gasteiger partial charge in [0.2, 0.25) is 0 Å². The van der Waals surface area contributed by atoms with Crippen molar-refractivity contribution in [1.82, 2.24) is 10.5 Å². The average molecular weight is 326 g/mol. The number of hydrogen-bond acceptors (Lipinski definition) is 5. The maximum atomic E-state index is 12.5. The van der Waals surface area contributed by atoms with Gasteiger partial charge in [-0.05, 0) is 43.2 Å². The smallest absolute Gasteiger partial charge is 0.257 e. The van der Waals surface area contributed by atoms with E-state index in [1.807, 2.05) is 24.3 Å². The largest absolute Gasteiger partial charge is 0.497 e. The van der Waals surface area contributed by atoms with Crippen LogP contribution in [0.2, 0.25) is 0 Å². The first kappa shape index (κ1) is 15.9. The molecule has 0 unspecified atom stereocenters. The second-order valence-corrected chi connectivity index (χ2v) is 5.29. The van der Waals surface area contributed by atoms with Crippen LogP contribution in [-0.4, -0.2) is 24.7 Å². The zero-order valence-corrected chi connectivity index (χ0v) is 13.5. The Kier molecular flexibility index (Phi) is 4.65. The molecule has 3 rings (SSSR count). The summed E-state index contributed by atoms with van der Waals surface area (Å²) in [6.07, 6.45) is 2.25. The molecule has 2 heterocycles. The van der Waals surface area contributed by atoms with Crippen LogP contribution < -0.4 is 10.1 Å². The lowest BCUT2D eigenvalue weighted by Gasteiger charge is -2.06. The Balaban J connectivity index is 1.64. The van der Waals surface area contributed by atoms with Gasteiger partial charge in [-0.25, -0.2) is 0 Å². The van der Waals surface area contributed by atoms with Gasteiger partial charge in [-0.15, -0.1) is 0 Å². The molecule has 1 amide bonds. The molecule has 1 aromatic carbocycles. The number of aromatic nitrogens is 1. The first-order valence-electron chi connectivity index (χ1n) is 7.60. The van der Waals surface area contributed by atoms with Crippen molar-refractivity contribution in [3.63, 3.8) is 0 Å². The summed E-state index contributed by atoms with van der Waals surface area (Å²) in [7, 11) is 1.63. The summed E-state index contributed by atoms with van der Waals surface area (Å²) in [6, 6.07) is 11.2. The minimum atomic E-state index is -0.228. The molecule has 2 aromatic heterocycles. The predicted molar refractivity (Wildman–Crippen MR) is 88.0 cm³/mol. The molecule has 0 fully saturated rings. The summed E-state index contributed by atoms with van der Waals surface area (Å²) in [5.74, 6) is 1.55. The minimum absolute atomic E-state index is 0.228. The number of hydrogen-bond donors (Lipinski definition) is 1. The fourth-order valence-electron chi connectivity index (χ4n) is 2.42. The summed E-state index contributed by atoms with van der Waals surface area (Å²) in [6.45, 7) is 2.21. The normalized spacial score (nSPS) is 10.6. The van der Waals surface area contributed by atoms with Crippen LogP contribution in [0.25, 0.3) is 11.5 Å². The van der Waals surface area contributed by atoms with Crippen LogP contribution in [0.15, 0.2) is 51.6 Å². The summed E-state index contributed by atoms with van der Waals surface area (Å²) in [5.41, 5.74) is 1.93. The number of furan rings is 1. The summed E-state index contributed by atoms with van der Waals surface area (Å²) in [4.78, 5) is 12.5. The third-order valence-electron chi connectivity index (χ3n) is 3.70. The van der Waals surface area contributed by atoms with Crippen LogP contribution in [0.4, 0.5) is 0 Å². The van der Waals surface area contributed by atoms with Gasteiger partial charge >= 0.3 is 0 Å². The fourth-order valence-corrected chi connectivity index (χ4v) is 2.42. The van der Waals surface area contributed by atoms with Crippen LogP contribution in [0.1, 0.15) is 21.7 Å². The molecule has 0 aliphatic carbocycles. The maximum absolute atomic E-state index is 12.5. The predicted octanol–water partition coefficient (Wildman–Crippen LogP) is 3.22. The quantitative estimate of drug-likeness (QED) is 0.752. The van der Waals surface area contributed by atoms with Gasteiger partial charge in [0.05, 0.1) is 13.4 Å². The second kappa shape index (κ2) is 7.04. The van der Waals surface area contributed by atoms with Crippen LogP contribution >= 0.6 is 0 Å². The van der Waals surface area contributed by atoms with Crippen molar-refractivity contribution in [3.05, 3.63) is 59.5 Å². The van der Waals surface area contributed by atoms with Gasteiger partial charge in [-0.1, -0.05) is 17.3 Å². The number of carbonyl (C=O) groups is 1. The Bertz CT molecular complexity index is 804. The number of aryl methyl sites for hydroxylation is 1. The van der Waals surface area contributed by atoms with Crippen LogP contribution in [0.5, 0.6) is 5.75 Å². The third kappa shape index (κ3) is 3.32. The Morgan fingerprint density at radius 1 is 1.25 bits per heavy atom. The van der Waals surface area contributed by atoms with Crippen molar-refractivity contribution >= 4 is 5.91 Å². The standard InChI is InChI=1S/C18H18N2O4/c1-12-16(17(20-24-12)15-4-3-11-23-15)18(21)19-10-9-13-5-7-14(22-2)8-6-13/h3-8,11H,9-10H2,1-2H3,(H,19,21). The molecule has 1 N–H and O–H groups in total. The number of benzene rings is 1. The Hall–Kier alpha value is -3.02. The zero-order valence-electron chi connectivity index (χ0n) is 13.5. The van der Waals surface area contributed by atoms with Crippen LogP contribution in [0, 0.1) is 6.92 Å². The molecule has 6 heteroatoms. The van der Waals surface area contributed by atoms with Crippen molar-refractivity contribution in [2.24, 2.45) is 0 Å². The third-order valence-corrected chi connectivity index (χ3v) is 3.70. The molecular weight excluding hydrogens is 308 g/mol. The number of ether oxygens (including phenoxy) is 1. The van der Waals surface area contributed by atoms with E-state index in [0.29, 0.717) is 29.3 Å². The van der Waals surface area contributed by atoms with E-state index >= 15 is 0 Å². The van der Waals surface area contributed by atoms with E-state index in [4.69, 9.17) is 13.7 Å². The summed E-state index contributed by atoms with van der Waals surface area (Å²) >= 11 is 0. The van der Waals surface area contributed by atoms with Gasteiger partial charge in [-0.2, -0.15) is 0 Å². The molecule has 24 heavy (non-hydrogen) atoms. The number of nitrogens with one attached hydrogen (secondary N) is 1. The molecule has 0 bridgehead atoms. The summed E-state index contributed by atoms with van der Waals surface area (Å²) in [5, 5.41) is 6.81. The molecule has 0 spiro atoms. The van der Waals surface area contributed by atoms with E-state index in [1.54, 1.807) is 26.2 Å². The SMILES string of the molecule is COc1ccc(CCNC(=O)c2c(-c3ccco3)noc2C)cc1. The van der Waals surface area contributed by atoms with Crippen LogP contribution in [-0.2, 0) is 6.42 Å². The average Bonchev–Trinajstić information content (AvgIpc) is 3.24. The Labute approximate surface area is 139 Å². The Morgan fingerprint density at radius 2 is 2.04 bits per heavy atom. The first-order valence-corrected chi connectivity index (χ1v) is 7.60. The molecule has 3 aromatic rings. The van der Waals surface area contributed by atoms with E-state index in [1.165, 1.54) is 6.26 Å². The number of amides is 1. The van der Waals surface area contributed by atoms with Gasteiger partial charge in [0, 0.05) is 6.54 Å². The molecule has 0 saturated heterocycles. The van der Waals surface area contributed by atoms with Crippen LogP contribution in [0.3, 0.4) is 0 Å². The molecule has 0 saturated carbocycles. The number of carbonyl (C=O) groups excluding carboxylic acids is 1. The first-order chi connectivity index (χ1) is 11.7. The van der Waals surface area contributed by atoms with E-state index in [0.717, 1.165) is 17.7 Å². The highest BCUT2D eigenvalue weighted by molar-refractivity contribution is 6.00. The maximum Gasteiger partial charge on any atom is 0.257 e. The van der Waals surface area contributed by atoms with Gasteiger partial charge in [0.15, 0.2) is 11.5 Å². The molecule has 0 aliphatic rings. The molecule has 0 atom stereocenters. The van der Waals surface area contributed by atoms with Crippen molar-refractivity contribution < 1.29 is 18.5 Å². The highest BCUT2D eigenvalue weighted by Crippen LogP contribution is 2.25. The van der Waals surface area contributed by atoms with E-state index < -0.39 is 0 Å². The zero-order chi connectivity index (χ0) is 16.9. The molecule has 124 valence electrons. The number of rotatable bonds is 6. The number of methoxy groups -OCH3 is 1. The monoisotopic (exact) mass is 326 g/mol. The minimum Gasteiger partial charge on any atom is -0.497 e.